The van der Waals surface area contributed by atoms with Crippen molar-refractivity contribution in [2.75, 3.05) is 46.1 Å². The fraction of sp³-hybridized carbons (Fsp3) is 0.682. The van der Waals surface area contributed by atoms with E-state index in [1.165, 1.54) is 5.56 Å². The smallest absolute Gasteiger partial charge is 0.191 e. The van der Waals surface area contributed by atoms with Crippen molar-refractivity contribution in [2.45, 2.75) is 51.7 Å². The van der Waals surface area contributed by atoms with Crippen LogP contribution in [0.3, 0.4) is 0 Å². The van der Waals surface area contributed by atoms with Gasteiger partial charge < -0.3 is 24.8 Å². The summed E-state index contributed by atoms with van der Waals surface area (Å²) in [5.41, 5.74) is 1.21. The van der Waals surface area contributed by atoms with Gasteiger partial charge in [0.25, 0.3) is 0 Å². The van der Waals surface area contributed by atoms with Crippen molar-refractivity contribution < 1.29 is 14.2 Å². The maximum absolute atomic E-state index is 5.91. The van der Waals surface area contributed by atoms with Crippen LogP contribution in [0.1, 0.15) is 51.2 Å². The molecule has 2 N–H and O–H groups in total. The first-order chi connectivity index (χ1) is 13.8. The molecule has 1 aliphatic rings. The molecule has 2 unspecified atom stereocenters. The summed E-state index contributed by atoms with van der Waals surface area (Å²) >= 11 is 0. The van der Waals surface area contributed by atoms with Crippen LogP contribution in [-0.4, -0.2) is 58.1 Å². The molecule has 1 aromatic rings. The molecule has 0 radical (unpaired) electrons. The zero-order valence-electron chi connectivity index (χ0n) is 17.5. The minimum absolute atomic E-state index is 0.123. The van der Waals surface area contributed by atoms with Crippen LogP contribution in [0.5, 0.6) is 0 Å². The molecule has 2 atom stereocenters. The number of aliphatic imine (C=N–C) groups is 1. The maximum Gasteiger partial charge on any atom is 0.191 e. The lowest BCUT2D eigenvalue weighted by Crippen LogP contribution is -2.38. The zero-order valence-corrected chi connectivity index (χ0v) is 17.5. The molecule has 0 amide bonds. The van der Waals surface area contributed by atoms with Gasteiger partial charge in [0, 0.05) is 39.5 Å². The highest BCUT2D eigenvalue weighted by atomic mass is 16.5. The first-order valence-corrected chi connectivity index (χ1v) is 10.7. The van der Waals surface area contributed by atoms with Crippen LogP contribution in [-0.2, 0) is 14.2 Å². The summed E-state index contributed by atoms with van der Waals surface area (Å²) in [5, 5.41) is 6.65. The number of nitrogens with zero attached hydrogens (tertiary/aromatic N) is 1. The van der Waals surface area contributed by atoms with E-state index in [4.69, 9.17) is 14.2 Å². The highest BCUT2D eigenvalue weighted by molar-refractivity contribution is 5.79. The van der Waals surface area contributed by atoms with Gasteiger partial charge in [0.15, 0.2) is 5.96 Å². The van der Waals surface area contributed by atoms with Gasteiger partial charge in [-0.1, -0.05) is 30.3 Å². The Morgan fingerprint density at radius 1 is 1.21 bits per heavy atom. The van der Waals surface area contributed by atoms with Crippen molar-refractivity contribution in [2.24, 2.45) is 4.99 Å². The lowest BCUT2D eigenvalue weighted by molar-refractivity contribution is 0.0171. The number of rotatable bonds is 13. The van der Waals surface area contributed by atoms with Crippen LogP contribution < -0.4 is 10.6 Å². The lowest BCUT2D eigenvalue weighted by atomic mass is 10.1. The zero-order chi connectivity index (χ0) is 19.9. The van der Waals surface area contributed by atoms with Gasteiger partial charge in [-0.15, -0.1) is 0 Å². The fourth-order valence-electron chi connectivity index (χ4n) is 3.05. The molecule has 2 rings (SSSR count). The van der Waals surface area contributed by atoms with Crippen LogP contribution in [0.2, 0.25) is 0 Å². The Bertz CT molecular complexity index is 533. The molecule has 0 aliphatic carbocycles. The molecule has 0 saturated carbocycles. The van der Waals surface area contributed by atoms with Crippen molar-refractivity contribution >= 4 is 5.96 Å². The van der Waals surface area contributed by atoms with E-state index in [1.54, 1.807) is 0 Å². The van der Waals surface area contributed by atoms with E-state index in [-0.39, 0.29) is 6.10 Å². The minimum Gasteiger partial charge on any atom is -0.379 e. The first-order valence-electron chi connectivity index (χ1n) is 10.7. The van der Waals surface area contributed by atoms with Crippen molar-refractivity contribution in [3.63, 3.8) is 0 Å². The van der Waals surface area contributed by atoms with Gasteiger partial charge in [-0.3, -0.25) is 4.99 Å². The Morgan fingerprint density at radius 3 is 2.82 bits per heavy atom. The number of nitrogens with one attached hydrogen (secondary N) is 2. The number of guanidine groups is 1. The molecule has 1 aromatic carbocycles. The molecule has 1 fully saturated rings. The molecule has 6 nitrogen and oxygen atoms in total. The summed E-state index contributed by atoms with van der Waals surface area (Å²) in [6.07, 6.45) is 4.56. The average Bonchev–Trinajstić information content (AvgIpc) is 3.24. The predicted molar refractivity (Wildman–Crippen MR) is 114 cm³/mol. The molecule has 1 aliphatic heterocycles. The van der Waals surface area contributed by atoms with Crippen molar-refractivity contribution in [1.82, 2.24) is 10.6 Å². The Kier molecular flexibility index (Phi) is 11.6. The second-order valence-corrected chi connectivity index (χ2v) is 7.03. The average molecular weight is 392 g/mol. The Hall–Kier alpha value is -1.63. The monoisotopic (exact) mass is 391 g/mol. The Morgan fingerprint density at radius 2 is 2.07 bits per heavy atom. The maximum atomic E-state index is 5.91. The van der Waals surface area contributed by atoms with Crippen LogP contribution in [0.15, 0.2) is 35.3 Å². The SMILES string of the molecule is CCNC(=NCCCOCC1CCCO1)NCCCOC(C)c1ccccc1. The third kappa shape index (κ3) is 9.53. The quantitative estimate of drug-likeness (QED) is 0.307. The third-order valence-corrected chi connectivity index (χ3v) is 4.64. The van der Waals surface area contributed by atoms with Gasteiger partial charge >= 0.3 is 0 Å². The minimum atomic E-state index is 0.123. The van der Waals surface area contributed by atoms with Gasteiger partial charge in [0.1, 0.15) is 0 Å². The molecular weight excluding hydrogens is 354 g/mol. The van der Waals surface area contributed by atoms with Crippen LogP contribution >= 0.6 is 0 Å². The molecule has 1 heterocycles. The Labute approximate surface area is 170 Å². The summed E-state index contributed by atoms with van der Waals surface area (Å²) in [5.74, 6) is 0.859. The normalized spacial score (nSPS) is 18.2. The van der Waals surface area contributed by atoms with E-state index < -0.39 is 0 Å². The molecule has 1 saturated heterocycles. The second kappa shape index (κ2) is 14.4. The summed E-state index contributed by atoms with van der Waals surface area (Å²) in [6, 6.07) is 10.3. The second-order valence-electron chi connectivity index (χ2n) is 7.03. The molecule has 6 heteroatoms. The van der Waals surface area contributed by atoms with Gasteiger partial charge in [0.2, 0.25) is 0 Å². The lowest BCUT2D eigenvalue weighted by Gasteiger charge is -2.15. The molecule has 0 bridgehead atoms. The van der Waals surface area contributed by atoms with Gasteiger partial charge in [0.05, 0.1) is 18.8 Å². The molecule has 0 aromatic heterocycles. The number of benzene rings is 1. The highest BCUT2D eigenvalue weighted by Crippen LogP contribution is 2.15. The fourth-order valence-corrected chi connectivity index (χ4v) is 3.05. The van der Waals surface area contributed by atoms with Crippen molar-refractivity contribution in [1.29, 1.82) is 0 Å². The van der Waals surface area contributed by atoms with E-state index in [9.17, 15) is 0 Å². The summed E-state index contributed by atoms with van der Waals surface area (Å²) in [4.78, 5) is 4.61. The topological polar surface area (TPSA) is 64.1 Å². The summed E-state index contributed by atoms with van der Waals surface area (Å²) < 4.78 is 17.1. The van der Waals surface area contributed by atoms with Gasteiger partial charge in [-0.2, -0.15) is 0 Å². The number of hydrogen-bond acceptors (Lipinski definition) is 4. The molecule has 0 spiro atoms. The van der Waals surface area contributed by atoms with Crippen LogP contribution in [0.25, 0.3) is 0 Å². The van der Waals surface area contributed by atoms with Crippen molar-refractivity contribution in [3.8, 4) is 0 Å². The highest BCUT2D eigenvalue weighted by Gasteiger charge is 2.14. The van der Waals surface area contributed by atoms with Gasteiger partial charge in [-0.05, 0) is 45.1 Å². The van der Waals surface area contributed by atoms with E-state index in [2.05, 4.69) is 41.6 Å². The van der Waals surface area contributed by atoms with E-state index in [0.717, 1.165) is 71.1 Å². The standard InChI is InChI=1S/C22H37N3O3/c1-3-23-22(24-13-8-15-26-18-21-12-7-16-28-21)25-14-9-17-27-19(2)20-10-5-4-6-11-20/h4-6,10-11,19,21H,3,7-9,12-18H2,1-2H3,(H2,23,24,25). The molecule has 158 valence electrons. The van der Waals surface area contributed by atoms with Crippen molar-refractivity contribution in [3.05, 3.63) is 35.9 Å². The van der Waals surface area contributed by atoms with E-state index >= 15 is 0 Å². The molecular formula is C22H37N3O3. The van der Waals surface area contributed by atoms with E-state index in [1.807, 2.05) is 18.2 Å². The predicted octanol–water partition coefficient (Wildman–Crippen LogP) is 3.30. The van der Waals surface area contributed by atoms with Gasteiger partial charge in [-0.25, -0.2) is 0 Å². The molecule has 28 heavy (non-hydrogen) atoms. The summed E-state index contributed by atoms with van der Waals surface area (Å²) in [6.45, 7) is 9.65. The third-order valence-electron chi connectivity index (χ3n) is 4.64. The largest absolute Gasteiger partial charge is 0.379 e. The number of ether oxygens (including phenoxy) is 3. The van der Waals surface area contributed by atoms with Crippen LogP contribution in [0, 0.1) is 0 Å². The van der Waals surface area contributed by atoms with E-state index in [0.29, 0.717) is 12.7 Å². The van der Waals surface area contributed by atoms with Crippen LogP contribution in [0.4, 0.5) is 0 Å². The number of hydrogen-bond donors (Lipinski definition) is 2. The first kappa shape index (κ1) is 22.7. The summed E-state index contributed by atoms with van der Waals surface area (Å²) in [7, 11) is 0. The Balaban J connectivity index is 1.52.